The number of halogens is 1. The van der Waals surface area contributed by atoms with E-state index in [1.165, 1.54) is 0 Å². The Labute approximate surface area is 120 Å². The van der Waals surface area contributed by atoms with Crippen LogP contribution >= 0.6 is 22.9 Å². The molecule has 0 unspecified atom stereocenters. The van der Waals surface area contributed by atoms with E-state index in [4.69, 9.17) is 11.6 Å². The van der Waals surface area contributed by atoms with Crippen LogP contribution in [0.5, 0.6) is 0 Å². The molecule has 0 radical (unpaired) electrons. The van der Waals surface area contributed by atoms with Crippen molar-refractivity contribution in [3.05, 3.63) is 40.7 Å². The van der Waals surface area contributed by atoms with Gasteiger partial charge in [0, 0.05) is 5.02 Å². The first-order valence-corrected chi connectivity index (χ1v) is 7.60. The van der Waals surface area contributed by atoms with Crippen molar-refractivity contribution in [2.24, 2.45) is 11.3 Å². The zero-order valence-corrected chi connectivity index (χ0v) is 11.7. The summed E-state index contributed by atoms with van der Waals surface area (Å²) in [5, 5.41) is 5.82. The SMILES string of the molecule is O=C(Nc1ccsc1-c1ccc(Cl)cc1)C12CC1C2. The first-order chi connectivity index (χ1) is 9.19. The van der Waals surface area contributed by atoms with Crippen LogP contribution < -0.4 is 5.32 Å². The Bertz CT molecular complexity index is 655. The van der Waals surface area contributed by atoms with Crippen molar-refractivity contribution in [1.29, 1.82) is 0 Å². The van der Waals surface area contributed by atoms with Crippen LogP contribution in [0.1, 0.15) is 12.8 Å². The minimum Gasteiger partial charge on any atom is -0.324 e. The average molecular weight is 290 g/mol. The molecule has 2 nitrogen and oxygen atoms in total. The highest BCUT2D eigenvalue weighted by Gasteiger charge is 2.74. The lowest BCUT2D eigenvalue weighted by Crippen LogP contribution is -2.17. The largest absolute Gasteiger partial charge is 0.324 e. The van der Waals surface area contributed by atoms with Gasteiger partial charge in [-0.3, -0.25) is 4.79 Å². The molecular formula is C15H12ClNOS. The van der Waals surface area contributed by atoms with E-state index in [9.17, 15) is 4.79 Å². The lowest BCUT2D eigenvalue weighted by Gasteiger charge is -2.08. The Kier molecular flexibility index (Phi) is 2.32. The van der Waals surface area contributed by atoms with Gasteiger partial charge in [0.25, 0.3) is 0 Å². The van der Waals surface area contributed by atoms with Gasteiger partial charge in [0.2, 0.25) is 5.91 Å². The van der Waals surface area contributed by atoms with Gasteiger partial charge < -0.3 is 5.32 Å². The fourth-order valence-electron chi connectivity index (χ4n) is 2.55. The lowest BCUT2D eigenvalue weighted by molar-refractivity contribution is -0.119. The highest BCUT2D eigenvalue weighted by Crippen LogP contribution is 2.75. The number of nitrogens with one attached hydrogen (secondary N) is 1. The molecule has 4 heteroatoms. The molecule has 0 spiro atoms. The van der Waals surface area contributed by atoms with E-state index in [1.807, 2.05) is 35.7 Å². The van der Waals surface area contributed by atoms with E-state index in [2.05, 4.69) is 5.32 Å². The van der Waals surface area contributed by atoms with Crippen LogP contribution in [-0.4, -0.2) is 5.91 Å². The Balaban J connectivity index is 1.61. The van der Waals surface area contributed by atoms with Crippen LogP contribution in [0.3, 0.4) is 0 Å². The number of hydrogen-bond donors (Lipinski definition) is 1. The van der Waals surface area contributed by atoms with E-state index in [0.29, 0.717) is 5.92 Å². The summed E-state index contributed by atoms with van der Waals surface area (Å²) in [6.45, 7) is 0. The summed E-state index contributed by atoms with van der Waals surface area (Å²) < 4.78 is 0. The number of fused-ring (bicyclic) bond motifs is 1. The van der Waals surface area contributed by atoms with Gasteiger partial charge in [-0.25, -0.2) is 0 Å². The molecule has 1 amide bonds. The fraction of sp³-hybridized carbons (Fsp3) is 0.267. The summed E-state index contributed by atoms with van der Waals surface area (Å²) in [6, 6.07) is 9.69. The van der Waals surface area contributed by atoms with Gasteiger partial charge in [-0.2, -0.15) is 0 Å². The first kappa shape index (κ1) is 11.5. The van der Waals surface area contributed by atoms with Crippen molar-refractivity contribution in [2.45, 2.75) is 12.8 Å². The summed E-state index contributed by atoms with van der Waals surface area (Å²) in [5.74, 6) is 0.872. The molecule has 2 aromatic rings. The fourth-order valence-corrected chi connectivity index (χ4v) is 3.54. The maximum atomic E-state index is 12.1. The van der Waals surface area contributed by atoms with Gasteiger partial charge in [-0.1, -0.05) is 23.7 Å². The van der Waals surface area contributed by atoms with Gasteiger partial charge in [0.1, 0.15) is 0 Å². The Morgan fingerprint density at radius 3 is 2.58 bits per heavy atom. The molecule has 96 valence electrons. The number of rotatable bonds is 3. The third-order valence-electron chi connectivity index (χ3n) is 4.15. The van der Waals surface area contributed by atoms with Crippen molar-refractivity contribution in [2.75, 3.05) is 5.32 Å². The molecule has 0 atom stereocenters. The third kappa shape index (κ3) is 1.80. The predicted octanol–water partition coefficient (Wildman–Crippen LogP) is 4.42. The Hall–Kier alpha value is -1.32. The van der Waals surface area contributed by atoms with Crippen LogP contribution in [0.15, 0.2) is 35.7 Å². The van der Waals surface area contributed by atoms with Crippen molar-refractivity contribution in [3.63, 3.8) is 0 Å². The highest BCUT2D eigenvalue weighted by atomic mass is 35.5. The monoisotopic (exact) mass is 289 g/mol. The molecule has 1 aromatic carbocycles. The summed E-state index contributed by atoms with van der Waals surface area (Å²) in [5.41, 5.74) is 2.03. The summed E-state index contributed by atoms with van der Waals surface area (Å²) >= 11 is 7.54. The van der Waals surface area contributed by atoms with Gasteiger partial charge >= 0.3 is 0 Å². The van der Waals surface area contributed by atoms with Crippen LogP contribution in [0.2, 0.25) is 5.02 Å². The van der Waals surface area contributed by atoms with Crippen molar-refractivity contribution >= 4 is 34.5 Å². The maximum absolute atomic E-state index is 12.1. The van der Waals surface area contributed by atoms with Gasteiger partial charge in [0.05, 0.1) is 16.0 Å². The summed E-state index contributed by atoms with van der Waals surface area (Å²) in [6.07, 6.45) is 2.17. The molecule has 2 aliphatic rings. The number of amides is 1. The van der Waals surface area contributed by atoms with Crippen LogP contribution in [-0.2, 0) is 4.79 Å². The number of hydrogen-bond acceptors (Lipinski definition) is 2. The number of carbonyl (C=O) groups is 1. The molecular weight excluding hydrogens is 278 g/mol. The van der Waals surface area contributed by atoms with Gasteiger partial charge in [-0.15, -0.1) is 11.3 Å². The second-order valence-corrected chi connectivity index (χ2v) is 6.74. The normalized spacial score (nSPS) is 26.7. The summed E-state index contributed by atoms with van der Waals surface area (Å²) in [4.78, 5) is 13.2. The van der Waals surface area contributed by atoms with Crippen molar-refractivity contribution in [3.8, 4) is 10.4 Å². The number of thiophene rings is 1. The Morgan fingerprint density at radius 1 is 1.26 bits per heavy atom. The van der Waals surface area contributed by atoms with E-state index < -0.39 is 0 Å². The maximum Gasteiger partial charge on any atom is 0.230 e. The molecule has 4 rings (SSSR count). The lowest BCUT2D eigenvalue weighted by atomic mass is 10.1. The second kappa shape index (κ2) is 3.84. The van der Waals surface area contributed by atoms with Crippen LogP contribution in [0.4, 0.5) is 5.69 Å². The van der Waals surface area contributed by atoms with Crippen LogP contribution in [0, 0.1) is 11.3 Å². The van der Waals surface area contributed by atoms with E-state index >= 15 is 0 Å². The van der Waals surface area contributed by atoms with E-state index in [-0.39, 0.29) is 11.3 Å². The Morgan fingerprint density at radius 2 is 1.95 bits per heavy atom. The standard InChI is InChI=1S/C15H12ClNOS/c16-11-3-1-9(2-4-11)13-12(5-6-19-13)17-14(18)15-7-10(15)8-15/h1-6,10H,7-8H2,(H,17,18). The number of anilines is 1. The number of benzene rings is 1. The number of carbonyl (C=O) groups excluding carboxylic acids is 1. The van der Waals surface area contributed by atoms with Crippen LogP contribution in [0.25, 0.3) is 10.4 Å². The zero-order valence-electron chi connectivity index (χ0n) is 10.2. The summed E-state index contributed by atoms with van der Waals surface area (Å²) in [7, 11) is 0. The molecule has 2 aliphatic carbocycles. The first-order valence-electron chi connectivity index (χ1n) is 6.34. The second-order valence-electron chi connectivity index (χ2n) is 5.39. The molecule has 0 saturated heterocycles. The minimum atomic E-state index is 0.0131. The van der Waals surface area contributed by atoms with Crippen molar-refractivity contribution < 1.29 is 4.79 Å². The van der Waals surface area contributed by atoms with E-state index in [0.717, 1.165) is 34.0 Å². The van der Waals surface area contributed by atoms with Gasteiger partial charge in [0.15, 0.2) is 0 Å². The van der Waals surface area contributed by atoms with Gasteiger partial charge in [-0.05, 0) is 47.9 Å². The molecule has 19 heavy (non-hydrogen) atoms. The van der Waals surface area contributed by atoms with E-state index in [1.54, 1.807) is 11.3 Å². The zero-order chi connectivity index (χ0) is 13.0. The smallest absolute Gasteiger partial charge is 0.230 e. The molecule has 0 bridgehead atoms. The molecule has 2 saturated carbocycles. The molecule has 1 N–H and O–H groups in total. The molecule has 2 fully saturated rings. The average Bonchev–Trinajstić information content (AvgIpc) is 3.21. The highest BCUT2D eigenvalue weighted by molar-refractivity contribution is 7.14. The topological polar surface area (TPSA) is 29.1 Å². The molecule has 0 aliphatic heterocycles. The quantitative estimate of drug-likeness (QED) is 0.890. The molecule has 1 aromatic heterocycles. The van der Waals surface area contributed by atoms with Crippen molar-refractivity contribution in [1.82, 2.24) is 0 Å². The predicted molar refractivity (Wildman–Crippen MR) is 78.6 cm³/mol. The molecule has 1 heterocycles. The third-order valence-corrected chi connectivity index (χ3v) is 5.37. The minimum absolute atomic E-state index is 0.0131.